The minimum Gasteiger partial charge on any atom is -0.507 e. The number of nitrogens with two attached hydrogens (primary N) is 1. The Morgan fingerprint density at radius 2 is 2.00 bits per heavy atom. The zero-order valence-electron chi connectivity index (χ0n) is 9.39. The van der Waals surface area contributed by atoms with E-state index in [1.165, 1.54) is 0 Å². The molecule has 0 saturated heterocycles. The van der Waals surface area contributed by atoms with Gasteiger partial charge in [0, 0.05) is 16.7 Å². The van der Waals surface area contributed by atoms with Gasteiger partial charge in [-0.1, -0.05) is 0 Å². The van der Waals surface area contributed by atoms with Gasteiger partial charge in [-0.3, -0.25) is 0 Å². The number of halogens is 1. The van der Waals surface area contributed by atoms with E-state index in [9.17, 15) is 5.11 Å². The van der Waals surface area contributed by atoms with Crippen molar-refractivity contribution in [3.8, 4) is 11.5 Å². The Labute approximate surface area is 98.4 Å². The van der Waals surface area contributed by atoms with Gasteiger partial charge in [0.1, 0.15) is 11.5 Å². The molecule has 84 valence electrons. The zero-order valence-corrected chi connectivity index (χ0v) is 11.0. The molecule has 0 radical (unpaired) electrons. The van der Waals surface area contributed by atoms with Crippen LogP contribution in [0.3, 0.4) is 0 Å². The standard InChI is InChI=1S/C11H16BrNO2/c1-6-9(14)7(11(2,3)13)5-8(12)10(6)15-4/h5,14H,13H2,1-4H3. The van der Waals surface area contributed by atoms with Crippen LogP contribution in [0.4, 0.5) is 0 Å². The van der Waals surface area contributed by atoms with Crippen LogP contribution in [0.15, 0.2) is 10.5 Å². The van der Waals surface area contributed by atoms with Gasteiger partial charge in [0.15, 0.2) is 0 Å². The second-order valence-corrected chi connectivity index (χ2v) is 4.99. The van der Waals surface area contributed by atoms with Crippen LogP contribution in [0.5, 0.6) is 11.5 Å². The third kappa shape index (κ3) is 2.26. The molecule has 0 bridgehead atoms. The van der Waals surface area contributed by atoms with Crippen molar-refractivity contribution in [1.82, 2.24) is 0 Å². The second-order valence-electron chi connectivity index (χ2n) is 4.13. The molecule has 1 rings (SSSR count). The largest absolute Gasteiger partial charge is 0.507 e. The first-order valence-corrected chi connectivity index (χ1v) is 5.43. The van der Waals surface area contributed by atoms with E-state index in [0.717, 1.165) is 4.47 Å². The van der Waals surface area contributed by atoms with Crippen molar-refractivity contribution in [2.24, 2.45) is 5.73 Å². The highest BCUT2D eigenvalue weighted by atomic mass is 79.9. The SMILES string of the molecule is COc1c(Br)cc(C(C)(C)N)c(O)c1C. The number of phenols is 1. The van der Waals surface area contributed by atoms with Crippen LogP contribution in [0.25, 0.3) is 0 Å². The van der Waals surface area contributed by atoms with E-state index in [2.05, 4.69) is 15.9 Å². The van der Waals surface area contributed by atoms with Crippen molar-refractivity contribution in [3.63, 3.8) is 0 Å². The first-order chi connectivity index (χ1) is 6.79. The van der Waals surface area contributed by atoms with Crippen LogP contribution in [-0.4, -0.2) is 12.2 Å². The van der Waals surface area contributed by atoms with Crippen LogP contribution in [-0.2, 0) is 5.54 Å². The smallest absolute Gasteiger partial charge is 0.139 e. The maximum Gasteiger partial charge on any atom is 0.139 e. The summed E-state index contributed by atoms with van der Waals surface area (Å²) in [6, 6.07) is 1.79. The third-order valence-corrected chi connectivity index (χ3v) is 2.93. The number of methoxy groups -OCH3 is 1. The summed E-state index contributed by atoms with van der Waals surface area (Å²) in [5, 5.41) is 9.99. The summed E-state index contributed by atoms with van der Waals surface area (Å²) in [6.45, 7) is 5.50. The second kappa shape index (κ2) is 4.02. The van der Waals surface area contributed by atoms with Crippen LogP contribution >= 0.6 is 15.9 Å². The van der Waals surface area contributed by atoms with Crippen LogP contribution in [0.1, 0.15) is 25.0 Å². The van der Waals surface area contributed by atoms with E-state index >= 15 is 0 Å². The molecule has 0 heterocycles. The highest BCUT2D eigenvalue weighted by Crippen LogP contribution is 2.40. The van der Waals surface area contributed by atoms with Gasteiger partial charge in [0.05, 0.1) is 11.6 Å². The molecule has 1 aromatic rings. The molecule has 0 saturated carbocycles. The molecule has 0 fully saturated rings. The average molecular weight is 274 g/mol. The fourth-order valence-corrected chi connectivity index (χ4v) is 2.18. The van der Waals surface area contributed by atoms with Gasteiger partial charge in [-0.15, -0.1) is 0 Å². The van der Waals surface area contributed by atoms with Crippen molar-refractivity contribution in [2.75, 3.05) is 7.11 Å². The van der Waals surface area contributed by atoms with Crippen molar-refractivity contribution in [2.45, 2.75) is 26.3 Å². The minimum atomic E-state index is -0.580. The lowest BCUT2D eigenvalue weighted by atomic mass is 9.92. The van der Waals surface area contributed by atoms with Crippen LogP contribution in [0, 0.1) is 6.92 Å². The summed E-state index contributed by atoms with van der Waals surface area (Å²) in [6.07, 6.45) is 0. The number of ether oxygens (including phenoxy) is 1. The number of benzene rings is 1. The van der Waals surface area contributed by atoms with Gasteiger partial charge in [-0.2, -0.15) is 0 Å². The predicted octanol–water partition coefficient (Wildman–Crippen LogP) is 2.67. The lowest BCUT2D eigenvalue weighted by Gasteiger charge is -2.23. The average Bonchev–Trinajstić information content (AvgIpc) is 2.10. The monoisotopic (exact) mass is 273 g/mol. The van der Waals surface area contributed by atoms with E-state index in [0.29, 0.717) is 16.9 Å². The molecule has 1 aromatic carbocycles. The molecule has 0 atom stereocenters. The topological polar surface area (TPSA) is 55.5 Å². The molecule has 0 spiro atoms. The minimum absolute atomic E-state index is 0.197. The fraction of sp³-hybridized carbons (Fsp3) is 0.455. The summed E-state index contributed by atoms with van der Waals surface area (Å²) >= 11 is 3.39. The fourth-order valence-electron chi connectivity index (χ4n) is 1.49. The van der Waals surface area contributed by atoms with Crippen molar-refractivity contribution < 1.29 is 9.84 Å². The first-order valence-electron chi connectivity index (χ1n) is 4.64. The van der Waals surface area contributed by atoms with E-state index in [-0.39, 0.29) is 5.75 Å². The number of aromatic hydroxyl groups is 1. The lowest BCUT2D eigenvalue weighted by molar-refractivity contribution is 0.393. The molecule has 3 N–H and O–H groups in total. The molecule has 0 aliphatic carbocycles. The van der Waals surface area contributed by atoms with Crippen molar-refractivity contribution >= 4 is 15.9 Å². The Morgan fingerprint density at radius 3 is 2.40 bits per heavy atom. The Kier molecular flexibility index (Phi) is 3.31. The van der Waals surface area contributed by atoms with Crippen LogP contribution < -0.4 is 10.5 Å². The number of rotatable bonds is 2. The highest BCUT2D eigenvalue weighted by molar-refractivity contribution is 9.10. The third-order valence-electron chi connectivity index (χ3n) is 2.34. The first kappa shape index (κ1) is 12.3. The van der Waals surface area contributed by atoms with E-state index < -0.39 is 5.54 Å². The molecule has 0 aliphatic heterocycles. The van der Waals surface area contributed by atoms with Gasteiger partial charge in [-0.05, 0) is 42.8 Å². The molecular formula is C11H16BrNO2. The number of hydrogen-bond donors (Lipinski definition) is 2. The summed E-state index contributed by atoms with van der Waals surface area (Å²) in [5.41, 5.74) is 6.78. The Bertz CT molecular complexity index is 383. The van der Waals surface area contributed by atoms with E-state index in [4.69, 9.17) is 10.5 Å². The molecule has 0 amide bonds. The van der Waals surface area contributed by atoms with E-state index in [1.54, 1.807) is 20.1 Å². The normalized spacial score (nSPS) is 11.6. The predicted molar refractivity (Wildman–Crippen MR) is 64.3 cm³/mol. The van der Waals surface area contributed by atoms with Crippen molar-refractivity contribution in [1.29, 1.82) is 0 Å². The van der Waals surface area contributed by atoms with Gasteiger partial charge in [0.2, 0.25) is 0 Å². The summed E-state index contributed by atoms with van der Waals surface area (Å²) in [7, 11) is 1.57. The molecule has 3 nitrogen and oxygen atoms in total. The quantitative estimate of drug-likeness (QED) is 0.871. The molecule has 15 heavy (non-hydrogen) atoms. The lowest BCUT2D eigenvalue weighted by Crippen LogP contribution is -2.29. The van der Waals surface area contributed by atoms with Gasteiger partial charge >= 0.3 is 0 Å². The Balaban J connectivity index is 3.48. The molecule has 0 unspecified atom stereocenters. The summed E-state index contributed by atoms with van der Waals surface area (Å²) < 4.78 is 5.98. The molecule has 0 aromatic heterocycles. The Morgan fingerprint density at radius 1 is 1.47 bits per heavy atom. The number of hydrogen-bond acceptors (Lipinski definition) is 3. The summed E-state index contributed by atoms with van der Waals surface area (Å²) in [5.74, 6) is 0.836. The van der Waals surface area contributed by atoms with Gasteiger partial charge < -0.3 is 15.6 Å². The maximum atomic E-state index is 9.99. The zero-order chi connectivity index (χ0) is 11.8. The maximum absolute atomic E-state index is 9.99. The molecule has 4 heteroatoms. The van der Waals surface area contributed by atoms with Crippen LogP contribution in [0.2, 0.25) is 0 Å². The van der Waals surface area contributed by atoms with Gasteiger partial charge in [-0.25, -0.2) is 0 Å². The molecular weight excluding hydrogens is 258 g/mol. The Hall–Kier alpha value is -0.740. The summed E-state index contributed by atoms with van der Waals surface area (Å²) in [4.78, 5) is 0. The molecule has 0 aliphatic rings. The van der Waals surface area contributed by atoms with Crippen molar-refractivity contribution in [3.05, 3.63) is 21.7 Å². The number of phenolic OH excluding ortho intramolecular Hbond substituents is 1. The van der Waals surface area contributed by atoms with Gasteiger partial charge in [0.25, 0.3) is 0 Å². The van der Waals surface area contributed by atoms with E-state index in [1.807, 2.05) is 13.8 Å². The highest BCUT2D eigenvalue weighted by Gasteiger charge is 2.23.